The number of fused-ring (bicyclic) bond motifs is 1. The van der Waals surface area contributed by atoms with Crippen molar-refractivity contribution in [2.24, 2.45) is 0 Å². The maximum atomic E-state index is 12.8. The molecule has 0 aliphatic heterocycles. The van der Waals surface area contributed by atoms with Crippen LogP contribution in [0.3, 0.4) is 0 Å². The minimum absolute atomic E-state index is 0.0442. The topological polar surface area (TPSA) is 76.9 Å². The molecule has 6 nitrogen and oxygen atoms in total. The van der Waals surface area contributed by atoms with Crippen LogP contribution in [-0.2, 0) is 17.6 Å². The molecule has 0 aliphatic carbocycles. The average molecular weight is 473 g/mol. The maximum Gasteiger partial charge on any atom is 0.216 e. The van der Waals surface area contributed by atoms with Gasteiger partial charge < -0.3 is 5.32 Å². The molecule has 3 aromatic carbocycles. The van der Waals surface area contributed by atoms with E-state index in [0.717, 1.165) is 35.1 Å². The van der Waals surface area contributed by atoms with E-state index in [9.17, 15) is 9.59 Å². The van der Waals surface area contributed by atoms with Crippen molar-refractivity contribution in [3.8, 4) is 5.69 Å². The van der Waals surface area contributed by atoms with E-state index in [1.54, 1.807) is 0 Å². The number of carbonyl (C=O) groups excluding carboxylic acids is 2. The first-order valence-electron chi connectivity index (χ1n) is 11.5. The molecule has 1 heterocycles. The highest BCUT2D eigenvalue weighted by Crippen LogP contribution is 2.29. The van der Waals surface area contributed by atoms with Gasteiger partial charge in [0.2, 0.25) is 5.91 Å². The second-order valence-corrected chi connectivity index (χ2v) is 9.02. The zero-order valence-electron chi connectivity index (χ0n) is 19.5. The monoisotopic (exact) mass is 472 g/mol. The van der Waals surface area contributed by atoms with Crippen molar-refractivity contribution in [3.05, 3.63) is 83.7 Å². The minimum atomic E-state index is -0.0442. The Kier molecular flexibility index (Phi) is 7.75. The van der Waals surface area contributed by atoms with Crippen molar-refractivity contribution in [3.63, 3.8) is 0 Å². The van der Waals surface area contributed by atoms with Gasteiger partial charge in [-0.25, -0.2) is 0 Å². The van der Waals surface area contributed by atoms with Gasteiger partial charge in [0.15, 0.2) is 10.9 Å². The van der Waals surface area contributed by atoms with Crippen LogP contribution in [0, 0.1) is 0 Å². The highest BCUT2D eigenvalue weighted by Gasteiger charge is 2.18. The Hall–Kier alpha value is -3.45. The van der Waals surface area contributed by atoms with Crippen LogP contribution in [0.1, 0.15) is 42.0 Å². The molecule has 0 saturated carbocycles. The average Bonchev–Trinajstić information content (AvgIpc) is 3.27. The molecule has 7 heteroatoms. The van der Waals surface area contributed by atoms with Crippen LogP contribution in [0.15, 0.2) is 71.9 Å². The van der Waals surface area contributed by atoms with Crippen LogP contribution < -0.4 is 5.32 Å². The van der Waals surface area contributed by atoms with Gasteiger partial charge in [0, 0.05) is 30.8 Å². The van der Waals surface area contributed by atoms with Crippen LogP contribution >= 0.6 is 11.8 Å². The van der Waals surface area contributed by atoms with Crippen LogP contribution in [0.2, 0.25) is 0 Å². The summed E-state index contributed by atoms with van der Waals surface area (Å²) in [4.78, 5) is 24.1. The quantitative estimate of drug-likeness (QED) is 0.199. The Bertz CT molecular complexity index is 1290. The lowest BCUT2D eigenvalue weighted by Crippen LogP contribution is -2.21. The van der Waals surface area contributed by atoms with E-state index < -0.39 is 0 Å². The van der Waals surface area contributed by atoms with Crippen LogP contribution in [0.4, 0.5) is 0 Å². The highest BCUT2D eigenvalue weighted by molar-refractivity contribution is 7.99. The summed E-state index contributed by atoms with van der Waals surface area (Å²) in [6, 6.07) is 22.1. The number of aromatic nitrogens is 3. The summed E-state index contributed by atoms with van der Waals surface area (Å²) < 4.78 is 2.05. The number of amides is 1. The summed E-state index contributed by atoms with van der Waals surface area (Å²) >= 11 is 1.40. The molecular formula is C27H28N4O2S. The molecule has 0 unspecified atom stereocenters. The van der Waals surface area contributed by atoms with Crippen molar-refractivity contribution in [2.45, 2.75) is 38.3 Å². The van der Waals surface area contributed by atoms with Gasteiger partial charge in [-0.1, -0.05) is 79.3 Å². The molecule has 0 fully saturated rings. The van der Waals surface area contributed by atoms with Crippen molar-refractivity contribution in [1.29, 1.82) is 0 Å². The van der Waals surface area contributed by atoms with Gasteiger partial charge in [-0.15, -0.1) is 10.2 Å². The number of carbonyl (C=O) groups is 2. The van der Waals surface area contributed by atoms with Crippen molar-refractivity contribution in [2.75, 3.05) is 12.3 Å². The van der Waals surface area contributed by atoms with Gasteiger partial charge in [0.05, 0.1) is 11.4 Å². The molecule has 0 saturated heterocycles. The summed E-state index contributed by atoms with van der Waals surface area (Å²) in [5.74, 6) is 1.11. The lowest BCUT2D eigenvalue weighted by Gasteiger charge is -2.13. The second kappa shape index (κ2) is 11.1. The van der Waals surface area contributed by atoms with Crippen LogP contribution in [0.25, 0.3) is 16.5 Å². The van der Waals surface area contributed by atoms with Crippen LogP contribution in [0.5, 0.6) is 0 Å². The number of rotatable bonds is 10. The molecule has 34 heavy (non-hydrogen) atoms. The van der Waals surface area contributed by atoms with Crippen molar-refractivity contribution in [1.82, 2.24) is 20.1 Å². The predicted molar refractivity (Wildman–Crippen MR) is 137 cm³/mol. The van der Waals surface area contributed by atoms with Gasteiger partial charge in [-0.2, -0.15) is 0 Å². The normalized spacial score (nSPS) is 11.0. The number of aryl methyl sites for hydroxylation is 2. The van der Waals surface area contributed by atoms with E-state index in [-0.39, 0.29) is 17.4 Å². The second-order valence-electron chi connectivity index (χ2n) is 8.08. The minimum Gasteiger partial charge on any atom is -0.356 e. The fourth-order valence-corrected chi connectivity index (χ4v) is 4.71. The first kappa shape index (κ1) is 23.7. The van der Waals surface area contributed by atoms with Gasteiger partial charge in [-0.05, 0) is 29.9 Å². The molecular weight excluding hydrogens is 444 g/mol. The van der Waals surface area contributed by atoms with E-state index in [1.165, 1.54) is 24.2 Å². The third-order valence-electron chi connectivity index (χ3n) is 5.68. The number of hydrogen-bond acceptors (Lipinski definition) is 5. The Morgan fingerprint density at radius 3 is 2.50 bits per heavy atom. The lowest BCUT2D eigenvalue weighted by atomic mass is 10.1. The Balaban J connectivity index is 1.61. The molecule has 0 bridgehead atoms. The molecule has 1 N–H and O–H groups in total. The number of nitrogens with one attached hydrogen (secondary N) is 1. The Morgan fingerprint density at radius 1 is 0.971 bits per heavy atom. The van der Waals surface area contributed by atoms with Crippen molar-refractivity contribution < 1.29 is 9.59 Å². The zero-order chi connectivity index (χ0) is 23.9. The Morgan fingerprint density at radius 2 is 1.74 bits per heavy atom. The zero-order valence-corrected chi connectivity index (χ0v) is 20.3. The molecule has 0 aliphatic rings. The maximum absolute atomic E-state index is 12.8. The number of benzene rings is 3. The predicted octanol–water partition coefficient (Wildman–Crippen LogP) is 5.03. The molecule has 174 valence electrons. The summed E-state index contributed by atoms with van der Waals surface area (Å²) in [5, 5.41) is 14.6. The molecule has 4 rings (SSSR count). The van der Waals surface area contributed by atoms with E-state index in [0.29, 0.717) is 23.7 Å². The SMILES string of the molecule is CCc1ccc(C(=O)CSc2nnc(CCCNC(C)=O)n2-c2cccc3ccccc23)cc1. The highest BCUT2D eigenvalue weighted by atomic mass is 32.2. The number of ketones is 1. The molecule has 1 aromatic heterocycles. The summed E-state index contributed by atoms with van der Waals surface area (Å²) in [6.07, 6.45) is 2.35. The van der Waals surface area contributed by atoms with E-state index in [1.807, 2.05) is 47.0 Å². The lowest BCUT2D eigenvalue weighted by molar-refractivity contribution is -0.118. The smallest absolute Gasteiger partial charge is 0.216 e. The third-order valence-corrected chi connectivity index (χ3v) is 6.60. The number of Topliss-reactive ketones (excluding diaryl/α,β-unsaturated/α-hetero) is 1. The number of thioether (sulfide) groups is 1. The van der Waals surface area contributed by atoms with Crippen molar-refractivity contribution >= 4 is 34.2 Å². The van der Waals surface area contributed by atoms with Gasteiger partial charge >= 0.3 is 0 Å². The number of hydrogen-bond donors (Lipinski definition) is 1. The van der Waals surface area contributed by atoms with E-state index in [2.05, 4.69) is 46.7 Å². The van der Waals surface area contributed by atoms with Gasteiger partial charge in [0.1, 0.15) is 5.82 Å². The third kappa shape index (κ3) is 5.54. The van der Waals surface area contributed by atoms with Crippen LogP contribution in [-0.4, -0.2) is 38.8 Å². The fourth-order valence-electron chi connectivity index (χ4n) is 3.85. The first-order valence-corrected chi connectivity index (χ1v) is 12.5. The molecule has 4 aromatic rings. The molecule has 0 atom stereocenters. The first-order chi connectivity index (χ1) is 16.6. The van der Waals surface area contributed by atoms with Gasteiger partial charge in [0.25, 0.3) is 0 Å². The van der Waals surface area contributed by atoms with E-state index in [4.69, 9.17) is 0 Å². The Labute approximate surface area is 203 Å². The summed E-state index contributed by atoms with van der Waals surface area (Å²) in [7, 11) is 0. The number of nitrogens with zero attached hydrogens (tertiary/aromatic N) is 3. The molecule has 0 radical (unpaired) electrons. The fraction of sp³-hybridized carbons (Fsp3) is 0.259. The standard InChI is InChI=1S/C27H28N4O2S/c1-3-20-13-15-22(16-14-20)25(33)18-34-27-30-29-26(12-7-17-28-19(2)32)31(27)24-11-6-9-21-8-4-5-10-23(21)24/h4-6,8-11,13-16H,3,7,12,17-18H2,1-2H3,(H,28,32). The summed E-state index contributed by atoms with van der Waals surface area (Å²) in [5.41, 5.74) is 2.90. The molecule has 1 amide bonds. The van der Waals surface area contributed by atoms with E-state index >= 15 is 0 Å². The molecule has 0 spiro atoms. The summed E-state index contributed by atoms with van der Waals surface area (Å²) in [6.45, 7) is 4.19. The largest absolute Gasteiger partial charge is 0.356 e. The van der Waals surface area contributed by atoms with Gasteiger partial charge in [-0.3, -0.25) is 14.2 Å².